The van der Waals surface area contributed by atoms with E-state index in [4.69, 9.17) is 5.11 Å². The Balaban J connectivity index is 1.92. The van der Waals surface area contributed by atoms with Crippen LogP contribution in [0.2, 0.25) is 0 Å². The highest BCUT2D eigenvalue weighted by Gasteiger charge is 2.45. The average molecular weight is 277 g/mol. The number of aliphatic hydroxyl groups excluding tert-OH is 1. The van der Waals surface area contributed by atoms with E-state index >= 15 is 0 Å². The van der Waals surface area contributed by atoms with Crippen LogP contribution in [0.1, 0.15) is 31.2 Å². The van der Waals surface area contributed by atoms with Gasteiger partial charge in [-0.25, -0.2) is 0 Å². The van der Waals surface area contributed by atoms with E-state index in [1.54, 1.807) is 12.1 Å². The third-order valence-corrected chi connectivity index (χ3v) is 3.90. The summed E-state index contributed by atoms with van der Waals surface area (Å²) in [5.74, 6) is -1.14. The number of rotatable bonds is 6. The molecule has 5 nitrogen and oxygen atoms in total. The Morgan fingerprint density at radius 2 is 1.85 bits per heavy atom. The van der Waals surface area contributed by atoms with Crippen LogP contribution in [0.5, 0.6) is 0 Å². The van der Waals surface area contributed by atoms with E-state index < -0.39 is 11.4 Å². The minimum atomic E-state index is -0.878. The number of nitrogens with one attached hydrogen (secondary N) is 1. The maximum Gasteiger partial charge on any atom is 0.310 e. The molecule has 108 valence electrons. The van der Waals surface area contributed by atoms with Crippen molar-refractivity contribution in [3.05, 3.63) is 29.8 Å². The fourth-order valence-electron chi connectivity index (χ4n) is 2.47. The number of aliphatic carboxylic acids is 1. The topological polar surface area (TPSA) is 86.6 Å². The summed E-state index contributed by atoms with van der Waals surface area (Å²) < 4.78 is 0. The molecule has 1 aromatic carbocycles. The summed E-state index contributed by atoms with van der Waals surface area (Å²) in [6.07, 6.45) is 2.63. The number of anilines is 1. The molecule has 1 aliphatic carbocycles. The molecule has 0 spiro atoms. The van der Waals surface area contributed by atoms with Crippen LogP contribution >= 0.6 is 0 Å². The summed E-state index contributed by atoms with van der Waals surface area (Å²) in [6, 6.07) is 7.19. The molecule has 20 heavy (non-hydrogen) atoms. The number of hydrogen-bond acceptors (Lipinski definition) is 3. The molecular weight excluding hydrogens is 258 g/mol. The van der Waals surface area contributed by atoms with Gasteiger partial charge in [0.1, 0.15) is 0 Å². The number of amides is 1. The molecule has 0 heterocycles. The molecule has 0 radical (unpaired) electrons. The molecule has 1 aromatic rings. The fourth-order valence-corrected chi connectivity index (χ4v) is 2.47. The number of carboxylic acids is 1. The van der Waals surface area contributed by atoms with Gasteiger partial charge in [-0.3, -0.25) is 9.59 Å². The largest absolute Gasteiger partial charge is 0.481 e. The quantitative estimate of drug-likeness (QED) is 0.740. The number of carboxylic acid groups (broad SMARTS) is 1. The van der Waals surface area contributed by atoms with Crippen molar-refractivity contribution in [2.24, 2.45) is 5.41 Å². The smallest absolute Gasteiger partial charge is 0.310 e. The standard InChI is InChI=1S/C15H19NO4/c17-9-6-11-2-4-12(5-3-11)16-13(18)10-15(14(19)20)7-1-8-15/h2-5,17H,1,6-10H2,(H,16,18)(H,19,20). The van der Waals surface area contributed by atoms with E-state index in [-0.39, 0.29) is 18.9 Å². The van der Waals surface area contributed by atoms with E-state index in [0.717, 1.165) is 12.0 Å². The first-order chi connectivity index (χ1) is 9.55. The summed E-state index contributed by atoms with van der Waals surface area (Å²) in [5.41, 5.74) is 0.782. The molecule has 0 aliphatic heterocycles. The van der Waals surface area contributed by atoms with Crippen molar-refractivity contribution in [2.75, 3.05) is 11.9 Å². The molecule has 0 aromatic heterocycles. The van der Waals surface area contributed by atoms with Gasteiger partial charge in [0.15, 0.2) is 0 Å². The van der Waals surface area contributed by atoms with Gasteiger partial charge in [0.2, 0.25) is 5.91 Å². The monoisotopic (exact) mass is 277 g/mol. The molecule has 1 amide bonds. The Bertz CT molecular complexity index is 491. The minimum Gasteiger partial charge on any atom is -0.481 e. The van der Waals surface area contributed by atoms with Gasteiger partial charge in [-0.05, 0) is 37.0 Å². The molecule has 1 saturated carbocycles. The summed E-state index contributed by atoms with van der Waals surface area (Å²) in [4.78, 5) is 23.1. The first-order valence-electron chi connectivity index (χ1n) is 6.79. The predicted octanol–water partition coefficient (Wildman–Crippen LogP) is 1.80. The highest BCUT2D eigenvalue weighted by atomic mass is 16.4. The van der Waals surface area contributed by atoms with Crippen molar-refractivity contribution in [1.29, 1.82) is 0 Å². The van der Waals surface area contributed by atoms with Crippen molar-refractivity contribution in [1.82, 2.24) is 0 Å². The molecule has 3 N–H and O–H groups in total. The Morgan fingerprint density at radius 1 is 1.20 bits per heavy atom. The normalized spacial score (nSPS) is 16.2. The second kappa shape index (κ2) is 6.05. The Kier molecular flexibility index (Phi) is 4.39. The van der Waals surface area contributed by atoms with Gasteiger partial charge in [0.25, 0.3) is 0 Å². The Hall–Kier alpha value is -1.88. The van der Waals surface area contributed by atoms with E-state index in [9.17, 15) is 14.7 Å². The zero-order valence-electron chi connectivity index (χ0n) is 11.3. The molecule has 2 rings (SSSR count). The average Bonchev–Trinajstić information content (AvgIpc) is 2.36. The lowest BCUT2D eigenvalue weighted by molar-refractivity contribution is -0.157. The van der Waals surface area contributed by atoms with Gasteiger partial charge < -0.3 is 15.5 Å². The maximum atomic E-state index is 11.9. The van der Waals surface area contributed by atoms with Gasteiger partial charge >= 0.3 is 5.97 Å². The van der Waals surface area contributed by atoms with E-state index in [1.807, 2.05) is 12.1 Å². The molecule has 0 bridgehead atoms. The highest BCUT2D eigenvalue weighted by Crippen LogP contribution is 2.44. The fraction of sp³-hybridized carbons (Fsp3) is 0.467. The van der Waals surface area contributed by atoms with Crippen LogP contribution in [0.3, 0.4) is 0 Å². The summed E-state index contributed by atoms with van der Waals surface area (Å²) >= 11 is 0. The lowest BCUT2D eigenvalue weighted by atomic mass is 9.66. The first kappa shape index (κ1) is 14.5. The molecule has 1 aliphatic rings. The van der Waals surface area contributed by atoms with Gasteiger partial charge in [-0.15, -0.1) is 0 Å². The number of carbonyl (C=O) groups excluding carboxylic acids is 1. The van der Waals surface area contributed by atoms with Crippen LogP contribution in [0.4, 0.5) is 5.69 Å². The van der Waals surface area contributed by atoms with Crippen LogP contribution in [-0.2, 0) is 16.0 Å². The predicted molar refractivity (Wildman–Crippen MR) is 74.4 cm³/mol. The number of hydrogen-bond donors (Lipinski definition) is 3. The summed E-state index contributed by atoms with van der Waals surface area (Å²) in [6.45, 7) is 0.0901. The number of aliphatic hydroxyl groups is 1. The lowest BCUT2D eigenvalue weighted by Crippen LogP contribution is -2.41. The first-order valence-corrected chi connectivity index (χ1v) is 6.79. The van der Waals surface area contributed by atoms with Crippen molar-refractivity contribution < 1.29 is 19.8 Å². The lowest BCUT2D eigenvalue weighted by Gasteiger charge is -2.36. The molecule has 0 saturated heterocycles. The van der Waals surface area contributed by atoms with Gasteiger partial charge in [0.05, 0.1) is 5.41 Å². The van der Waals surface area contributed by atoms with Crippen LogP contribution in [0.25, 0.3) is 0 Å². The van der Waals surface area contributed by atoms with Crippen molar-refractivity contribution >= 4 is 17.6 Å². The number of benzene rings is 1. The van der Waals surface area contributed by atoms with E-state index in [2.05, 4.69) is 5.32 Å². The molecule has 1 fully saturated rings. The zero-order valence-corrected chi connectivity index (χ0v) is 11.3. The van der Waals surface area contributed by atoms with Crippen LogP contribution < -0.4 is 5.32 Å². The summed E-state index contributed by atoms with van der Waals surface area (Å²) in [5, 5.41) is 20.7. The molecular formula is C15H19NO4. The second-order valence-electron chi connectivity index (χ2n) is 5.33. The molecule has 0 atom stereocenters. The second-order valence-corrected chi connectivity index (χ2v) is 5.33. The van der Waals surface area contributed by atoms with Crippen LogP contribution in [-0.4, -0.2) is 28.7 Å². The maximum absolute atomic E-state index is 11.9. The Labute approximate surface area is 117 Å². The zero-order chi connectivity index (χ0) is 14.6. The minimum absolute atomic E-state index is 0.0285. The van der Waals surface area contributed by atoms with Crippen molar-refractivity contribution in [2.45, 2.75) is 32.1 Å². The van der Waals surface area contributed by atoms with Crippen molar-refractivity contribution in [3.8, 4) is 0 Å². The highest BCUT2D eigenvalue weighted by molar-refractivity contribution is 5.94. The van der Waals surface area contributed by atoms with E-state index in [0.29, 0.717) is 24.9 Å². The summed E-state index contributed by atoms with van der Waals surface area (Å²) in [7, 11) is 0. The van der Waals surface area contributed by atoms with Gasteiger partial charge in [0, 0.05) is 18.7 Å². The molecule has 0 unspecified atom stereocenters. The van der Waals surface area contributed by atoms with Gasteiger partial charge in [-0.2, -0.15) is 0 Å². The molecule has 5 heteroatoms. The van der Waals surface area contributed by atoms with Crippen LogP contribution in [0, 0.1) is 5.41 Å². The Morgan fingerprint density at radius 3 is 2.30 bits per heavy atom. The third kappa shape index (κ3) is 3.17. The van der Waals surface area contributed by atoms with Crippen LogP contribution in [0.15, 0.2) is 24.3 Å². The van der Waals surface area contributed by atoms with Crippen molar-refractivity contribution in [3.63, 3.8) is 0 Å². The number of carbonyl (C=O) groups is 2. The SMILES string of the molecule is O=C(CC1(C(=O)O)CCC1)Nc1ccc(CCO)cc1. The van der Waals surface area contributed by atoms with E-state index in [1.165, 1.54) is 0 Å². The van der Waals surface area contributed by atoms with Gasteiger partial charge in [-0.1, -0.05) is 18.6 Å². The third-order valence-electron chi connectivity index (χ3n) is 3.90.